The van der Waals surface area contributed by atoms with E-state index in [-0.39, 0.29) is 23.3 Å². The minimum Gasteiger partial charge on any atom is -0.376 e. The summed E-state index contributed by atoms with van der Waals surface area (Å²) >= 11 is 4.35. The molecule has 142 valence electrons. The maximum absolute atomic E-state index is 12.9. The third-order valence-electron chi connectivity index (χ3n) is 4.44. The normalized spacial score (nSPS) is 16.9. The van der Waals surface area contributed by atoms with Gasteiger partial charge < -0.3 is 10.1 Å². The lowest BCUT2D eigenvalue weighted by Crippen LogP contribution is -2.33. The van der Waals surface area contributed by atoms with Crippen LogP contribution >= 0.6 is 34.4 Å². The molecule has 1 N–H and O–H groups in total. The van der Waals surface area contributed by atoms with E-state index in [0.717, 1.165) is 29.9 Å². The molecule has 6 nitrogen and oxygen atoms in total. The highest BCUT2D eigenvalue weighted by atomic mass is 32.2. The SMILES string of the molecule is Cn1c(SCC(=O)NCC2CCCO2)nc2scc(-c3cccs3)c2c1=O. The molecule has 1 amide bonds. The Hall–Kier alpha value is -1.68. The highest BCUT2D eigenvalue weighted by Gasteiger charge is 2.18. The standard InChI is InChI=1S/C18H19N3O3S3/c1-21-17(23)15-12(13-5-3-7-25-13)9-26-16(15)20-18(21)27-10-14(22)19-8-11-4-2-6-24-11/h3,5,7,9,11H,2,4,6,8,10H2,1H3,(H,19,22). The largest absolute Gasteiger partial charge is 0.376 e. The first-order valence-electron chi connectivity index (χ1n) is 8.66. The van der Waals surface area contributed by atoms with Gasteiger partial charge in [0, 0.05) is 36.0 Å². The van der Waals surface area contributed by atoms with Crippen molar-refractivity contribution in [3.63, 3.8) is 0 Å². The van der Waals surface area contributed by atoms with E-state index in [0.29, 0.717) is 21.9 Å². The van der Waals surface area contributed by atoms with Crippen LogP contribution < -0.4 is 10.9 Å². The minimum absolute atomic E-state index is 0.0738. The molecule has 1 saturated heterocycles. The third-order valence-corrected chi connectivity index (χ3v) is 7.25. The fourth-order valence-electron chi connectivity index (χ4n) is 3.01. The highest BCUT2D eigenvalue weighted by Crippen LogP contribution is 2.34. The highest BCUT2D eigenvalue weighted by molar-refractivity contribution is 7.99. The fourth-order valence-corrected chi connectivity index (χ4v) is 5.61. The lowest BCUT2D eigenvalue weighted by molar-refractivity contribution is -0.119. The molecular formula is C18H19N3O3S3. The molecule has 1 aliphatic heterocycles. The van der Waals surface area contributed by atoms with Crippen molar-refractivity contribution in [2.75, 3.05) is 18.9 Å². The Morgan fingerprint density at radius 3 is 3.11 bits per heavy atom. The van der Waals surface area contributed by atoms with Gasteiger partial charge in [0.05, 0.1) is 17.2 Å². The van der Waals surface area contributed by atoms with Crippen LogP contribution in [-0.4, -0.2) is 40.5 Å². The molecule has 27 heavy (non-hydrogen) atoms. The summed E-state index contributed by atoms with van der Waals surface area (Å²) in [5.41, 5.74) is 0.857. The maximum atomic E-state index is 12.9. The van der Waals surface area contributed by atoms with Gasteiger partial charge in [0.2, 0.25) is 5.91 Å². The fraction of sp³-hybridized carbons (Fsp3) is 0.389. The van der Waals surface area contributed by atoms with E-state index in [4.69, 9.17) is 4.74 Å². The van der Waals surface area contributed by atoms with Crippen molar-refractivity contribution >= 4 is 50.6 Å². The molecule has 0 bridgehead atoms. The number of aromatic nitrogens is 2. The Labute approximate surface area is 168 Å². The van der Waals surface area contributed by atoms with Crippen molar-refractivity contribution in [1.82, 2.24) is 14.9 Å². The molecule has 1 atom stereocenters. The summed E-state index contributed by atoms with van der Waals surface area (Å²) in [6, 6.07) is 3.98. The summed E-state index contributed by atoms with van der Waals surface area (Å²) in [5, 5.41) is 8.07. The van der Waals surface area contributed by atoms with Gasteiger partial charge in [-0.05, 0) is 24.3 Å². The van der Waals surface area contributed by atoms with Gasteiger partial charge in [0.15, 0.2) is 5.16 Å². The van der Waals surface area contributed by atoms with E-state index < -0.39 is 0 Å². The molecule has 3 aromatic heterocycles. The number of rotatable bonds is 6. The summed E-state index contributed by atoms with van der Waals surface area (Å²) in [4.78, 5) is 31.4. The zero-order chi connectivity index (χ0) is 18.8. The Morgan fingerprint density at radius 1 is 1.48 bits per heavy atom. The number of carbonyl (C=O) groups excluding carboxylic acids is 1. The second kappa shape index (κ2) is 8.14. The molecular weight excluding hydrogens is 402 g/mol. The van der Waals surface area contributed by atoms with E-state index in [9.17, 15) is 9.59 Å². The number of nitrogens with zero attached hydrogens (tertiary/aromatic N) is 2. The van der Waals surface area contributed by atoms with Crippen LogP contribution in [0.5, 0.6) is 0 Å². The molecule has 1 aliphatic rings. The topological polar surface area (TPSA) is 73.2 Å². The first-order chi connectivity index (χ1) is 13.1. The molecule has 4 heterocycles. The van der Waals surface area contributed by atoms with Gasteiger partial charge in [-0.15, -0.1) is 22.7 Å². The van der Waals surface area contributed by atoms with Crippen LogP contribution in [0.1, 0.15) is 12.8 Å². The van der Waals surface area contributed by atoms with Crippen molar-refractivity contribution in [1.29, 1.82) is 0 Å². The van der Waals surface area contributed by atoms with Gasteiger partial charge in [0.25, 0.3) is 5.56 Å². The van der Waals surface area contributed by atoms with Crippen molar-refractivity contribution < 1.29 is 9.53 Å². The quantitative estimate of drug-likeness (QED) is 0.489. The van der Waals surface area contributed by atoms with Gasteiger partial charge in [-0.25, -0.2) is 4.98 Å². The molecule has 9 heteroatoms. The number of carbonyl (C=O) groups is 1. The molecule has 0 radical (unpaired) electrons. The lowest BCUT2D eigenvalue weighted by atomic mass is 10.2. The van der Waals surface area contributed by atoms with Gasteiger partial charge in [-0.3, -0.25) is 14.2 Å². The predicted molar refractivity (Wildman–Crippen MR) is 111 cm³/mol. The number of hydrogen-bond acceptors (Lipinski definition) is 7. The van der Waals surface area contributed by atoms with Gasteiger partial charge >= 0.3 is 0 Å². The van der Waals surface area contributed by atoms with Crippen LogP contribution in [0.4, 0.5) is 0 Å². The maximum Gasteiger partial charge on any atom is 0.263 e. The van der Waals surface area contributed by atoms with Crippen molar-refractivity contribution in [3.8, 4) is 10.4 Å². The minimum atomic E-state index is -0.0769. The number of thiophene rings is 2. The van der Waals surface area contributed by atoms with Crippen molar-refractivity contribution in [2.45, 2.75) is 24.1 Å². The van der Waals surface area contributed by atoms with Crippen LogP contribution in [0.15, 0.2) is 32.8 Å². The first-order valence-corrected chi connectivity index (χ1v) is 11.4. The van der Waals surface area contributed by atoms with E-state index in [1.54, 1.807) is 18.4 Å². The zero-order valence-corrected chi connectivity index (χ0v) is 17.2. The summed E-state index contributed by atoms with van der Waals surface area (Å²) in [7, 11) is 1.71. The van der Waals surface area contributed by atoms with Crippen LogP contribution in [0.3, 0.4) is 0 Å². The molecule has 1 fully saturated rings. The second-order valence-electron chi connectivity index (χ2n) is 6.29. The van der Waals surface area contributed by atoms with E-state index in [2.05, 4.69) is 10.3 Å². The van der Waals surface area contributed by atoms with Crippen molar-refractivity contribution in [3.05, 3.63) is 33.2 Å². The summed E-state index contributed by atoms with van der Waals surface area (Å²) in [5.74, 6) is 0.150. The second-order valence-corrected chi connectivity index (χ2v) is 9.04. The Bertz CT molecular complexity index is 1000. The van der Waals surface area contributed by atoms with Gasteiger partial charge in [0.1, 0.15) is 4.83 Å². The van der Waals surface area contributed by atoms with Crippen LogP contribution in [0, 0.1) is 0 Å². The Balaban J connectivity index is 1.48. The third kappa shape index (κ3) is 3.96. The van der Waals surface area contributed by atoms with Gasteiger partial charge in [-0.2, -0.15) is 0 Å². The average molecular weight is 422 g/mol. The number of fused-ring (bicyclic) bond motifs is 1. The van der Waals surface area contributed by atoms with Crippen LogP contribution in [0.25, 0.3) is 20.7 Å². The Kier molecular flexibility index (Phi) is 5.63. The van der Waals surface area contributed by atoms with E-state index >= 15 is 0 Å². The average Bonchev–Trinajstić information content (AvgIpc) is 3.42. The van der Waals surface area contributed by atoms with E-state index in [1.165, 1.54) is 27.7 Å². The number of ether oxygens (including phenoxy) is 1. The van der Waals surface area contributed by atoms with Crippen LogP contribution in [0.2, 0.25) is 0 Å². The summed E-state index contributed by atoms with van der Waals surface area (Å²) in [6.45, 7) is 1.31. The molecule has 3 aromatic rings. The number of amides is 1. The molecule has 1 unspecified atom stereocenters. The lowest BCUT2D eigenvalue weighted by Gasteiger charge is -2.11. The number of hydrogen-bond donors (Lipinski definition) is 1. The molecule has 0 aliphatic carbocycles. The summed E-state index contributed by atoms with van der Waals surface area (Å²) in [6.07, 6.45) is 2.17. The molecule has 0 saturated carbocycles. The Morgan fingerprint density at radius 2 is 2.37 bits per heavy atom. The smallest absolute Gasteiger partial charge is 0.263 e. The van der Waals surface area contributed by atoms with Crippen molar-refractivity contribution in [2.24, 2.45) is 7.05 Å². The summed E-state index contributed by atoms with van der Waals surface area (Å²) < 4.78 is 7.04. The van der Waals surface area contributed by atoms with E-state index in [1.807, 2.05) is 22.9 Å². The molecule has 4 rings (SSSR count). The zero-order valence-electron chi connectivity index (χ0n) is 14.8. The van der Waals surface area contributed by atoms with Crippen LogP contribution in [-0.2, 0) is 16.6 Å². The van der Waals surface area contributed by atoms with Gasteiger partial charge in [-0.1, -0.05) is 17.8 Å². The number of nitrogens with one attached hydrogen (secondary N) is 1. The first kappa shape index (κ1) is 18.7. The molecule has 0 spiro atoms. The number of thioether (sulfide) groups is 1. The monoisotopic (exact) mass is 421 g/mol. The predicted octanol–water partition coefficient (Wildman–Crippen LogP) is 3.11. The molecule has 0 aromatic carbocycles.